The second-order valence-corrected chi connectivity index (χ2v) is 4.60. The average molecular weight is 182 g/mol. The van der Waals surface area contributed by atoms with Crippen molar-refractivity contribution < 1.29 is 0 Å². The number of rotatable bonds is 1. The highest BCUT2D eigenvalue weighted by atomic mass is 32.1. The minimum atomic E-state index is 0.657. The van der Waals surface area contributed by atoms with Gasteiger partial charge < -0.3 is 5.32 Å². The zero-order chi connectivity index (χ0) is 8.55. The van der Waals surface area contributed by atoms with Crippen LogP contribution in [0.5, 0.6) is 0 Å². The Bertz CT molecular complexity index is 269. The Morgan fingerprint density at radius 1 is 1.67 bits per heavy atom. The van der Waals surface area contributed by atoms with Crippen LogP contribution in [-0.4, -0.2) is 17.6 Å². The maximum Gasteiger partial charge on any atom is 0.0897 e. The number of nitrogens with zero attached hydrogens (tertiary/aromatic N) is 1. The van der Waals surface area contributed by atoms with E-state index in [4.69, 9.17) is 0 Å². The third-order valence-corrected chi connectivity index (χ3v) is 3.20. The van der Waals surface area contributed by atoms with Crippen molar-refractivity contribution >= 4 is 11.3 Å². The highest BCUT2D eigenvalue weighted by molar-refractivity contribution is 7.09. The molecule has 3 heteroatoms. The van der Waals surface area contributed by atoms with Crippen LogP contribution >= 0.6 is 11.3 Å². The summed E-state index contributed by atoms with van der Waals surface area (Å²) in [7, 11) is 0. The smallest absolute Gasteiger partial charge is 0.0897 e. The molecule has 1 N–H and O–H groups in total. The monoisotopic (exact) mass is 182 g/mol. The molecule has 0 aliphatic carbocycles. The second-order valence-electron chi connectivity index (χ2n) is 3.53. The molecule has 1 fully saturated rings. The van der Waals surface area contributed by atoms with Gasteiger partial charge in [-0.15, -0.1) is 11.3 Å². The number of thiazole rings is 1. The van der Waals surface area contributed by atoms with E-state index in [1.165, 1.54) is 17.1 Å². The summed E-state index contributed by atoms with van der Waals surface area (Å²) in [4.78, 5) is 4.51. The lowest BCUT2D eigenvalue weighted by Gasteiger charge is -2.02. The van der Waals surface area contributed by atoms with Crippen molar-refractivity contribution in [3.63, 3.8) is 0 Å². The molecule has 0 amide bonds. The van der Waals surface area contributed by atoms with E-state index < -0.39 is 0 Å². The van der Waals surface area contributed by atoms with E-state index in [0.717, 1.165) is 6.54 Å². The largest absolute Gasteiger partial charge is 0.314 e. The van der Waals surface area contributed by atoms with Gasteiger partial charge in [-0.1, -0.05) is 0 Å². The highest BCUT2D eigenvalue weighted by Gasteiger charge is 2.23. The fourth-order valence-corrected chi connectivity index (χ4v) is 2.42. The van der Waals surface area contributed by atoms with E-state index in [1.807, 2.05) is 0 Å². The van der Waals surface area contributed by atoms with Gasteiger partial charge in [0.25, 0.3) is 0 Å². The predicted molar refractivity (Wildman–Crippen MR) is 51.7 cm³/mol. The fraction of sp³-hybridized carbons (Fsp3) is 0.667. The first-order valence-corrected chi connectivity index (χ1v) is 5.29. The summed E-state index contributed by atoms with van der Waals surface area (Å²) in [6, 6.07) is 0.664. The standard InChI is InChI=1S/C9H14N2S/c1-6-3-8(4-10-6)9-5-12-7(2)11-9/h5-6,8,10H,3-4H2,1-2H3. The van der Waals surface area contributed by atoms with Gasteiger partial charge in [0.1, 0.15) is 0 Å². The molecule has 1 aromatic rings. The van der Waals surface area contributed by atoms with Crippen molar-refractivity contribution in [2.45, 2.75) is 32.2 Å². The zero-order valence-electron chi connectivity index (χ0n) is 7.50. The van der Waals surface area contributed by atoms with Crippen LogP contribution in [-0.2, 0) is 0 Å². The van der Waals surface area contributed by atoms with Crippen LogP contribution in [0.4, 0.5) is 0 Å². The molecule has 1 aliphatic heterocycles. The Balaban J connectivity index is 2.11. The summed E-state index contributed by atoms with van der Waals surface area (Å²) in [6.45, 7) is 5.41. The molecule has 66 valence electrons. The van der Waals surface area contributed by atoms with Crippen LogP contribution in [0.25, 0.3) is 0 Å². The first-order valence-electron chi connectivity index (χ1n) is 4.41. The number of hydrogen-bond acceptors (Lipinski definition) is 3. The lowest BCUT2D eigenvalue weighted by atomic mass is 10.0. The minimum Gasteiger partial charge on any atom is -0.314 e. The fourth-order valence-electron chi connectivity index (χ4n) is 1.73. The molecule has 0 bridgehead atoms. The molecule has 1 saturated heterocycles. The van der Waals surface area contributed by atoms with Gasteiger partial charge in [-0.05, 0) is 20.3 Å². The molecule has 2 atom stereocenters. The molecule has 12 heavy (non-hydrogen) atoms. The summed E-state index contributed by atoms with van der Waals surface area (Å²) in [6.07, 6.45) is 1.24. The summed E-state index contributed by atoms with van der Waals surface area (Å²) >= 11 is 1.75. The second kappa shape index (κ2) is 3.15. The van der Waals surface area contributed by atoms with Crippen LogP contribution < -0.4 is 5.32 Å². The third kappa shape index (κ3) is 1.52. The van der Waals surface area contributed by atoms with Crippen molar-refractivity contribution in [1.82, 2.24) is 10.3 Å². The first kappa shape index (κ1) is 8.20. The first-order chi connectivity index (χ1) is 5.75. The van der Waals surface area contributed by atoms with Crippen LogP contribution in [0.3, 0.4) is 0 Å². The van der Waals surface area contributed by atoms with Crippen molar-refractivity contribution in [2.75, 3.05) is 6.54 Å². The maximum absolute atomic E-state index is 4.51. The van der Waals surface area contributed by atoms with E-state index >= 15 is 0 Å². The van der Waals surface area contributed by atoms with Gasteiger partial charge in [-0.3, -0.25) is 0 Å². The van der Waals surface area contributed by atoms with Crippen molar-refractivity contribution in [2.24, 2.45) is 0 Å². The van der Waals surface area contributed by atoms with Crippen LogP contribution in [0.2, 0.25) is 0 Å². The Labute approximate surface area is 77.0 Å². The molecule has 0 aromatic carbocycles. The summed E-state index contributed by atoms with van der Waals surface area (Å²) in [5, 5.41) is 6.82. The number of aromatic nitrogens is 1. The van der Waals surface area contributed by atoms with Gasteiger partial charge in [0.15, 0.2) is 0 Å². The van der Waals surface area contributed by atoms with Crippen LogP contribution in [0.15, 0.2) is 5.38 Å². The Hall–Kier alpha value is -0.410. The van der Waals surface area contributed by atoms with Gasteiger partial charge >= 0.3 is 0 Å². The lowest BCUT2D eigenvalue weighted by molar-refractivity contribution is 0.656. The SMILES string of the molecule is Cc1nc(C2CNC(C)C2)cs1. The van der Waals surface area contributed by atoms with Crippen molar-refractivity contribution in [3.05, 3.63) is 16.1 Å². The Morgan fingerprint density at radius 2 is 2.50 bits per heavy atom. The minimum absolute atomic E-state index is 0.657. The lowest BCUT2D eigenvalue weighted by Crippen LogP contribution is -2.16. The van der Waals surface area contributed by atoms with Gasteiger partial charge in [0, 0.05) is 23.9 Å². The van der Waals surface area contributed by atoms with Gasteiger partial charge in [0.05, 0.1) is 10.7 Å². The predicted octanol–water partition coefficient (Wildman–Crippen LogP) is 1.92. The molecule has 0 saturated carbocycles. The number of nitrogens with one attached hydrogen (secondary N) is 1. The zero-order valence-corrected chi connectivity index (χ0v) is 8.32. The van der Waals surface area contributed by atoms with Crippen LogP contribution in [0.1, 0.15) is 30.0 Å². The maximum atomic E-state index is 4.51. The molecule has 2 heterocycles. The van der Waals surface area contributed by atoms with E-state index in [-0.39, 0.29) is 0 Å². The van der Waals surface area contributed by atoms with Gasteiger partial charge in [-0.25, -0.2) is 4.98 Å². The van der Waals surface area contributed by atoms with E-state index in [0.29, 0.717) is 12.0 Å². The molecule has 2 unspecified atom stereocenters. The van der Waals surface area contributed by atoms with E-state index in [2.05, 4.69) is 29.5 Å². The molecule has 0 spiro atoms. The van der Waals surface area contributed by atoms with Crippen molar-refractivity contribution in [3.8, 4) is 0 Å². The average Bonchev–Trinajstić information content (AvgIpc) is 2.58. The van der Waals surface area contributed by atoms with E-state index in [1.54, 1.807) is 11.3 Å². The summed E-state index contributed by atoms with van der Waals surface area (Å²) in [5.74, 6) is 0.657. The molecule has 1 aromatic heterocycles. The highest BCUT2D eigenvalue weighted by Crippen LogP contribution is 2.26. The molecular weight excluding hydrogens is 168 g/mol. The van der Waals surface area contributed by atoms with Gasteiger partial charge in [-0.2, -0.15) is 0 Å². The topological polar surface area (TPSA) is 24.9 Å². The quantitative estimate of drug-likeness (QED) is 0.717. The molecule has 0 radical (unpaired) electrons. The van der Waals surface area contributed by atoms with E-state index in [9.17, 15) is 0 Å². The summed E-state index contributed by atoms with van der Waals surface area (Å²) < 4.78 is 0. The van der Waals surface area contributed by atoms with Crippen LogP contribution in [0, 0.1) is 6.92 Å². The Morgan fingerprint density at radius 3 is 3.00 bits per heavy atom. The molecular formula is C9H14N2S. The summed E-state index contributed by atoms with van der Waals surface area (Å²) in [5.41, 5.74) is 1.29. The number of hydrogen-bond donors (Lipinski definition) is 1. The third-order valence-electron chi connectivity index (χ3n) is 2.41. The van der Waals surface area contributed by atoms with Gasteiger partial charge in [0.2, 0.25) is 0 Å². The normalized spacial score (nSPS) is 29.5. The molecule has 1 aliphatic rings. The molecule has 2 nitrogen and oxygen atoms in total. The molecule has 2 rings (SSSR count). The number of aryl methyl sites for hydroxylation is 1. The van der Waals surface area contributed by atoms with Crippen molar-refractivity contribution in [1.29, 1.82) is 0 Å². The Kier molecular flexibility index (Phi) is 2.15.